The summed E-state index contributed by atoms with van der Waals surface area (Å²) >= 11 is 3.42. The highest BCUT2D eigenvalue weighted by Crippen LogP contribution is 2.32. The molecule has 1 aromatic rings. The zero-order valence-corrected chi connectivity index (χ0v) is 12.0. The highest BCUT2D eigenvalue weighted by Gasteiger charge is 2.37. The Kier molecular flexibility index (Phi) is 4.19. The standard InChI is InChI=1S/C14H17BrN2O/c1-3-8-16-12-9-13(17(2)14(12)18)10-4-6-11(15)7-5-10/h3-7,12-13,16H,1,8-9H2,2H3/t12-,13+/m1/s1. The summed E-state index contributed by atoms with van der Waals surface area (Å²) in [4.78, 5) is 13.9. The quantitative estimate of drug-likeness (QED) is 0.867. The monoisotopic (exact) mass is 308 g/mol. The summed E-state index contributed by atoms with van der Waals surface area (Å²) in [5.41, 5.74) is 1.18. The molecule has 1 aromatic carbocycles. The third-order valence-corrected chi connectivity index (χ3v) is 3.86. The molecule has 0 aromatic heterocycles. The summed E-state index contributed by atoms with van der Waals surface area (Å²) in [5.74, 6) is 0.157. The van der Waals surface area contributed by atoms with Crippen molar-refractivity contribution >= 4 is 21.8 Å². The zero-order chi connectivity index (χ0) is 13.1. The van der Waals surface area contributed by atoms with Crippen LogP contribution in [0.2, 0.25) is 0 Å². The highest BCUT2D eigenvalue weighted by molar-refractivity contribution is 9.10. The van der Waals surface area contributed by atoms with E-state index in [0.717, 1.165) is 10.9 Å². The van der Waals surface area contributed by atoms with Crippen molar-refractivity contribution < 1.29 is 4.79 Å². The van der Waals surface area contributed by atoms with E-state index in [0.29, 0.717) is 6.54 Å². The van der Waals surface area contributed by atoms with Crippen LogP contribution < -0.4 is 5.32 Å². The van der Waals surface area contributed by atoms with Crippen LogP contribution in [0.25, 0.3) is 0 Å². The first-order chi connectivity index (χ1) is 8.63. The number of amides is 1. The smallest absolute Gasteiger partial charge is 0.240 e. The molecule has 0 bridgehead atoms. The maximum Gasteiger partial charge on any atom is 0.240 e. The summed E-state index contributed by atoms with van der Waals surface area (Å²) in [7, 11) is 1.87. The van der Waals surface area contributed by atoms with E-state index >= 15 is 0 Å². The van der Waals surface area contributed by atoms with Gasteiger partial charge < -0.3 is 10.2 Å². The normalized spacial score (nSPS) is 23.4. The Morgan fingerprint density at radius 2 is 2.17 bits per heavy atom. The van der Waals surface area contributed by atoms with Crippen LogP contribution in [0.1, 0.15) is 18.0 Å². The van der Waals surface area contributed by atoms with Crippen LogP contribution in [0, 0.1) is 0 Å². The van der Waals surface area contributed by atoms with E-state index in [9.17, 15) is 4.79 Å². The zero-order valence-electron chi connectivity index (χ0n) is 10.4. The third-order valence-electron chi connectivity index (χ3n) is 3.34. The van der Waals surface area contributed by atoms with Crippen LogP contribution in [0.3, 0.4) is 0 Å². The van der Waals surface area contributed by atoms with Gasteiger partial charge in [-0.1, -0.05) is 34.1 Å². The van der Waals surface area contributed by atoms with Gasteiger partial charge in [0, 0.05) is 18.1 Å². The molecule has 2 atom stereocenters. The van der Waals surface area contributed by atoms with E-state index in [1.165, 1.54) is 5.56 Å². The van der Waals surface area contributed by atoms with Crippen molar-refractivity contribution in [2.75, 3.05) is 13.6 Å². The predicted molar refractivity (Wildman–Crippen MR) is 76.3 cm³/mol. The average Bonchev–Trinajstić information content (AvgIpc) is 2.65. The maximum atomic E-state index is 12.1. The minimum atomic E-state index is -0.0957. The Morgan fingerprint density at radius 1 is 1.50 bits per heavy atom. The third kappa shape index (κ3) is 2.65. The van der Waals surface area contributed by atoms with Crippen molar-refractivity contribution in [2.24, 2.45) is 0 Å². The average molecular weight is 309 g/mol. The molecule has 1 aliphatic heterocycles. The first kappa shape index (κ1) is 13.3. The molecule has 1 fully saturated rings. The van der Waals surface area contributed by atoms with Crippen LogP contribution in [-0.4, -0.2) is 30.4 Å². The number of nitrogens with one attached hydrogen (secondary N) is 1. The maximum absolute atomic E-state index is 12.1. The van der Waals surface area contributed by atoms with Crippen molar-refractivity contribution in [3.63, 3.8) is 0 Å². The number of carbonyl (C=O) groups excluding carboxylic acids is 1. The number of nitrogens with zero attached hydrogens (tertiary/aromatic N) is 1. The van der Waals surface area contributed by atoms with Gasteiger partial charge in [0.25, 0.3) is 0 Å². The Bertz CT molecular complexity index is 444. The largest absolute Gasteiger partial charge is 0.337 e. The molecule has 1 saturated heterocycles. The van der Waals surface area contributed by atoms with Crippen molar-refractivity contribution in [1.29, 1.82) is 0 Å². The summed E-state index contributed by atoms with van der Waals surface area (Å²) < 4.78 is 1.06. The summed E-state index contributed by atoms with van der Waals surface area (Å²) in [6, 6.07) is 8.22. The van der Waals surface area contributed by atoms with Gasteiger partial charge in [-0.2, -0.15) is 0 Å². The van der Waals surface area contributed by atoms with Gasteiger partial charge >= 0.3 is 0 Å². The van der Waals surface area contributed by atoms with Crippen LogP contribution in [0.4, 0.5) is 0 Å². The molecule has 1 N–H and O–H groups in total. The van der Waals surface area contributed by atoms with Gasteiger partial charge in [-0.05, 0) is 24.1 Å². The van der Waals surface area contributed by atoms with Crippen LogP contribution >= 0.6 is 15.9 Å². The van der Waals surface area contributed by atoms with E-state index < -0.39 is 0 Å². The topological polar surface area (TPSA) is 32.3 Å². The van der Waals surface area contributed by atoms with E-state index in [2.05, 4.69) is 40.0 Å². The molecule has 0 unspecified atom stereocenters. The Balaban J connectivity index is 2.13. The second-order valence-electron chi connectivity index (χ2n) is 4.50. The molecule has 1 aliphatic rings. The molecule has 1 heterocycles. The number of likely N-dealkylation sites (N-methyl/N-ethyl adjacent to an activating group) is 1. The molecule has 3 nitrogen and oxygen atoms in total. The Hall–Kier alpha value is -1.13. The number of halogens is 1. The lowest BCUT2D eigenvalue weighted by atomic mass is 10.0. The van der Waals surface area contributed by atoms with Crippen LogP contribution in [0.15, 0.2) is 41.4 Å². The predicted octanol–water partition coefficient (Wildman–Crippen LogP) is 2.50. The number of carbonyl (C=O) groups is 1. The van der Waals surface area contributed by atoms with Gasteiger partial charge in [-0.15, -0.1) is 6.58 Å². The van der Waals surface area contributed by atoms with Crippen LogP contribution in [0.5, 0.6) is 0 Å². The summed E-state index contributed by atoms with van der Waals surface area (Å²) in [6.07, 6.45) is 2.59. The molecular weight excluding hydrogens is 292 g/mol. The lowest BCUT2D eigenvalue weighted by Gasteiger charge is -2.19. The number of hydrogen-bond donors (Lipinski definition) is 1. The van der Waals surface area contributed by atoms with E-state index in [4.69, 9.17) is 0 Å². The SMILES string of the molecule is C=CCN[C@@H]1C[C@@H](c2ccc(Br)cc2)N(C)C1=O. The molecular formula is C14H17BrN2O. The van der Waals surface area contributed by atoms with Gasteiger partial charge in [0.2, 0.25) is 5.91 Å². The van der Waals surface area contributed by atoms with Gasteiger partial charge in [0.15, 0.2) is 0 Å². The molecule has 1 amide bonds. The number of hydrogen-bond acceptors (Lipinski definition) is 2. The van der Waals surface area contributed by atoms with Crippen molar-refractivity contribution in [1.82, 2.24) is 10.2 Å². The number of rotatable bonds is 4. The molecule has 0 saturated carbocycles. The fraction of sp³-hybridized carbons (Fsp3) is 0.357. The van der Waals surface area contributed by atoms with E-state index in [1.807, 2.05) is 24.1 Å². The van der Waals surface area contributed by atoms with Crippen molar-refractivity contribution in [2.45, 2.75) is 18.5 Å². The second kappa shape index (κ2) is 5.67. The molecule has 0 spiro atoms. The Morgan fingerprint density at radius 3 is 2.78 bits per heavy atom. The van der Waals surface area contributed by atoms with E-state index in [-0.39, 0.29) is 18.0 Å². The first-order valence-electron chi connectivity index (χ1n) is 6.00. The Labute approximate surface area is 116 Å². The van der Waals surface area contributed by atoms with E-state index in [1.54, 1.807) is 6.08 Å². The molecule has 96 valence electrons. The minimum absolute atomic E-state index is 0.0957. The van der Waals surface area contributed by atoms with Crippen LogP contribution in [-0.2, 0) is 4.79 Å². The first-order valence-corrected chi connectivity index (χ1v) is 6.79. The molecule has 0 radical (unpaired) electrons. The number of likely N-dealkylation sites (tertiary alicyclic amines) is 1. The molecule has 0 aliphatic carbocycles. The van der Waals surface area contributed by atoms with Crippen molar-refractivity contribution in [3.8, 4) is 0 Å². The fourth-order valence-corrected chi connectivity index (χ4v) is 2.59. The summed E-state index contributed by atoms with van der Waals surface area (Å²) in [6.45, 7) is 4.32. The summed E-state index contributed by atoms with van der Waals surface area (Å²) in [5, 5.41) is 3.20. The fourth-order valence-electron chi connectivity index (χ4n) is 2.32. The lowest BCUT2D eigenvalue weighted by Crippen LogP contribution is -2.36. The second-order valence-corrected chi connectivity index (χ2v) is 5.42. The van der Waals surface area contributed by atoms with Gasteiger partial charge in [0.1, 0.15) is 0 Å². The number of benzene rings is 1. The molecule has 2 rings (SSSR count). The van der Waals surface area contributed by atoms with Gasteiger partial charge in [-0.3, -0.25) is 4.79 Å². The lowest BCUT2D eigenvalue weighted by molar-refractivity contribution is -0.129. The van der Waals surface area contributed by atoms with Gasteiger partial charge in [0.05, 0.1) is 12.1 Å². The molecule has 4 heteroatoms. The minimum Gasteiger partial charge on any atom is -0.337 e. The molecule has 18 heavy (non-hydrogen) atoms. The highest BCUT2D eigenvalue weighted by atomic mass is 79.9. The van der Waals surface area contributed by atoms with Crippen molar-refractivity contribution in [3.05, 3.63) is 47.0 Å². The van der Waals surface area contributed by atoms with Gasteiger partial charge in [-0.25, -0.2) is 0 Å².